The first-order chi connectivity index (χ1) is 15.9. The van der Waals surface area contributed by atoms with Gasteiger partial charge < -0.3 is 25.6 Å². The molecule has 9 nitrogen and oxygen atoms in total. The molecule has 1 aliphatic heterocycles. The lowest BCUT2D eigenvalue weighted by Gasteiger charge is -2.26. The zero-order valence-corrected chi connectivity index (χ0v) is 19.8. The zero-order valence-electron chi connectivity index (χ0n) is 19.8. The molecule has 0 saturated carbocycles. The molecule has 1 aliphatic rings. The average Bonchev–Trinajstić information content (AvgIpc) is 3.16. The van der Waals surface area contributed by atoms with Crippen LogP contribution in [0.15, 0.2) is 29.8 Å². The van der Waals surface area contributed by atoms with E-state index in [1.54, 1.807) is 27.7 Å². The number of hydrogen-bond acceptors (Lipinski definition) is 5. The van der Waals surface area contributed by atoms with Crippen molar-refractivity contribution in [3.8, 4) is 0 Å². The molecule has 0 bridgehead atoms. The van der Waals surface area contributed by atoms with Gasteiger partial charge in [-0.1, -0.05) is 19.4 Å². The van der Waals surface area contributed by atoms with Crippen molar-refractivity contribution < 1.29 is 32.7 Å². The lowest BCUT2D eigenvalue weighted by atomic mass is 10.0. The Morgan fingerprint density at radius 2 is 1.85 bits per heavy atom. The standard InChI is InChI=1S/C23H30F2N4O5/c1-12(2)8-19(30)29-11-15(26-23(33)27-17-7-6-14(24)9-16(17)25)10-18(29)21(31)28-20(13(3)4)22(32)34-5/h6-9,13,15,18,20H,10-11H2,1-5H3,(H,28,31)(H2,26,27,33). The van der Waals surface area contributed by atoms with E-state index in [2.05, 4.69) is 16.0 Å². The third-order valence-corrected chi connectivity index (χ3v) is 5.23. The van der Waals surface area contributed by atoms with Crippen LogP contribution in [-0.4, -0.2) is 60.5 Å². The summed E-state index contributed by atoms with van der Waals surface area (Å²) >= 11 is 0. The van der Waals surface area contributed by atoms with Gasteiger partial charge in [0.05, 0.1) is 18.8 Å². The number of urea groups is 1. The Morgan fingerprint density at radius 1 is 1.18 bits per heavy atom. The smallest absolute Gasteiger partial charge is 0.328 e. The Labute approximate surface area is 196 Å². The molecule has 0 radical (unpaired) electrons. The highest BCUT2D eigenvalue weighted by Crippen LogP contribution is 2.21. The number of likely N-dealkylation sites (tertiary alicyclic amines) is 1. The van der Waals surface area contributed by atoms with Crippen molar-refractivity contribution in [3.63, 3.8) is 0 Å². The van der Waals surface area contributed by atoms with Crippen LogP contribution < -0.4 is 16.0 Å². The van der Waals surface area contributed by atoms with Crippen LogP contribution in [0.5, 0.6) is 0 Å². The van der Waals surface area contributed by atoms with Gasteiger partial charge >= 0.3 is 12.0 Å². The monoisotopic (exact) mass is 480 g/mol. The van der Waals surface area contributed by atoms with Crippen molar-refractivity contribution in [2.45, 2.75) is 52.2 Å². The highest BCUT2D eigenvalue weighted by molar-refractivity contribution is 5.95. The van der Waals surface area contributed by atoms with E-state index in [1.807, 2.05) is 0 Å². The molecule has 3 atom stereocenters. The number of rotatable bonds is 7. The van der Waals surface area contributed by atoms with E-state index in [1.165, 1.54) is 18.1 Å². The maximum Gasteiger partial charge on any atom is 0.328 e. The Hall–Kier alpha value is -3.50. The van der Waals surface area contributed by atoms with E-state index in [9.17, 15) is 28.0 Å². The third kappa shape index (κ3) is 7.00. The maximum absolute atomic E-state index is 13.8. The van der Waals surface area contributed by atoms with Crippen molar-refractivity contribution in [2.75, 3.05) is 19.0 Å². The summed E-state index contributed by atoms with van der Waals surface area (Å²) in [7, 11) is 1.21. The molecule has 1 saturated heterocycles. The summed E-state index contributed by atoms with van der Waals surface area (Å²) in [6, 6.07) is -0.557. The summed E-state index contributed by atoms with van der Waals surface area (Å²) in [6.45, 7) is 6.97. The summed E-state index contributed by atoms with van der Waals surface area (Å²) in [5.41, 5.74) is 0.501. The lowest BCUT2D eigenvalue weighted by molar-refractivity contribution is -0.147. The van der Waals surface area contributed by atoms with E-state index in [0.717, 1.165) is 17.7 Å². The second-order valence-corrected chi connectivity index (χ2v) is 8.64. The molecule has 3 unspecified atom stereocenters. The first-order valence-electron chi connectivity index (χ1n) is 10.8. The zero-order chi connectivity index (χ0) is 25.6. The van der Waals surface area contributed by atoms with Crippen molar-refractivity contribution in [3.05, 3.63) is 41.5 Å². The number of carbonyl (C=O) groups is 4. The summed E-state index contributed by atoms with van der Waals surface area (Å²) in [5, 5.41) is 7.52. The summed E-state index contributed by atoms with van der Waals surface area (Å²) in [6.07, 6.45) is 1.44. The van der Waals surface area contributed by atoms with Gasteiger partial charge in [0.15, 0.2) is 0 Å². The van der Waals surface area contributed by atoms with Gasteiger partial charge in [-0.3, -0.25) is 9.59 Å². The number of methoxy groups -OCH3 is 1. The summed E-state index contributed by atoms with van der Waals surface area (Å²) in [5.74, 6) is -3.58. The summed E-state index contributed by atoms with van der Waals surface area (Å²) < 4.78 is 31.7. The molecule has 1 aromatic rings. The van der Waals surface area contributed by atoms with Gasteiger partial charge in [-0.15, -0.1) is 0 Å². The minimum atomic E-state index is -0.957. The number of nitrogens with one attached hydrogen (secondary N) is 3. The predicted molar refractivity (Wildman–Crippen MR) is 121 cm³/mol. The van der Waals surface area contributed by atoms with Crippen molar-refractivity contribution in [1.29, 1.82) is 0 Å². The Bertz CT molecular complexity index is 978. The molecule has 11 heteroatoms. The minimum absolute atomic E-state index is 0.0184. The quantitative estimate of drug-likeness (QED) is 0.409. The Kier molecular flexibility index (Phi) is 9.11. The van der Waals surface area contributed by atoms with Gasteiger partial charge in [0.2, 0.25) is 11.8 Å². The topological polar surface area (TPSA) is 117 Å². The number of carbonyl (C=O) groups excluding carboxylic acids is 4. The number of esters is 1. The van der Waals surface area contributed by atoms with Gasteiger partial charge in [0.1, 0.15) is 23.7 Å². The van der Waals surface area contributed by atoms with E-state index in [4.69, 9.17) is 4.74 Å². The van der Waals surface area contributed by atoms with Gasteiger partial charge in [-0.05, 0) is 38.3 Å². The molecule has 1 aromatic carbocycles. The van der Waals surface area contributed by atoms with E-state index < -0.39 is 53.6 Å². The number of benzene rings is 1. The summed E-state index contributed by atoms with van der Waals surface area (Å²) in [4.78, 5) is 51.5. The normalized spacial score (nSPS) is 18.2. The highest BCUT2D eigenvalue weighted by atomic mass is 19.1. The molecule has 1 fully saturated rings. The van der Waals surface area contributed by atoms with E-state index in [0.29, 0.717) is 6.07 Å². The molecular formula is C23H30F2N4O5. The first kappa shape index (κ1) is 26.7. The molecular weight excluding hydrogens is 450 g/mol. The van der Waals surface area contributed by atoms with E-state index in [-0.39, 0.29) is 24.6 Å². The van der Waals surface area contributed by atoms with Gasteiger partial charge in [0.25, 0.3) is 0 Å². The number of ether oxygens (including phenoxy) is 1. The van der Waals surface area contributed by atoms with Crippen LogP contribution in [0.4, 0.5) is 19.3 Å². The second kappa shape index (κ2) is 11.6. The van der Waals surface area contributed by atoms with Crippen LogP contribution in [0.3, 0.4) is 0 Å². The molecule has 0 spiro atoms. The van der Waals surface area contributed by atoms with Gasteiger partial charge in [-0.2, -0.15) is 0 Å². The van der Waals surface area contributed by atoms with Crippen LogP contribution in [-0.2, 0) is 19.1 Å². The number of allylic oxidation sites excluding steroid dienone is 1. The number of anilines is 1. The SMILES string of the molecule is COC(=O)C(NC(=O)C1CC(NC(=O)Nc2ccc(F)cc2F)CN1C(=O)C=C(C)C)C(C)C. The lowest BCUT2D eigenvalue weighted by Crippen LogP contribution is -2.52. The van der Waals surface area contributed by atoms with E-state index >= 15 is 0 Å². The van der Waals surface area contributed by atoms with Gasteiger partial charge in [-0.25, -0.2) is 18.4 Å². The first-order valence-corrected chi connectivity index (χ1v) is 10.8. The molecule has 0 aromatic heterocycles. The van der Waals surface area contributed by atoms with Crippen molar-refractivity contribution in [1.82, 2.24) is 15.5 Å². The fourth-order valence-electron chi connectivity index (χ4n) is 3.57. The maximum atomic E-state index is 13.8. The van der Waals surface area contributed by atoms with Crippen LogP contribution in [0.2, 0.25) is 0 Å². The number of amides is 4. The van der Waals surface area contributed by atoms with Crippen LogP contribution >= 0.6 is 0 Å². The van der Waals surface area contributed by atoms with Crippen molar-refractivity contribution in [2.24, 2.45) is 5.92 Å². The van der Waals surface area contributed by atoms with Crippen molar-refractivity contribution >= 4 is 29.5 Å². The number of halogens is 2. The predicted octanol–water partition coefficient (Wildman–Crippen LogP) is 2.34. The fraction of sp³-hybridized carbons (Fsp3) is 0.478. The molecule has 186 valence electrons. The largest absolute Gasteiger partial charge is 0.467 e. The number of hydrogen-bond donors (Lipinski definition) is 3. The average molecular weight is 481 g/mol. The van der Waals surface area contributed by atoms with Crippen LogP contribution in [0, 0.1) is 17.6 Å². The second-order valence-electron chi connectivity index (χ2n) is 8.64. The molecule has 1 heterocycles. The molecule has 0 aliphatic carbocycles. The molecule has 3 N–H and O–H groups in total. The molecule has 2 rings (SSSR count). The highest BCUT2D eigenvalue weighted by Gasteiger charge is 2.41. The third-order valence-electron chi connectivity index (χ3n) is 5.23. The van der Waals surface area contributed by atoms with Gasteiger partial charge in [0, 0.05) is 18.7 Å². The minimum Gasteiger partial charge on any atom is -0.467 e. The molecule has 4 amide bonds. The molecule has 34 heavy (non-hydrogen) atoms. The van der Waals surface area contributed by atoms with Crippen LogP contribution in [0.25, 0.3) is 0 Å². The Balaban J connectivity index is 2.16. The fourth-order valence-corrected chi connectivity index (χ4v) is 3.57. The Morgan fingerprint density at radius 3 is 2.41 bits per heavy atom. The van der Waals surface area contributed by atoms with Crippen LogP contribution in [0.1, 0.15) is 34.1 Å². The number of nitrogens with zero attached hydrogens (tertiary/aromatic N) is 1.